The number of nitrogens with zero attached hydrogens (tertiary/aromatic N) is 4. The molecule has 0 bridgehead atoms. The monoisotopic (exact) mass is 385 g/mol. The van der Waals surface area contributed by atoms with Gasteiger partial charge in [0.05, 0.1) is 23.3 Å². The minimum Gasteiger partial charge on any atom is -0.389 e. The fraction of sp³-hybridized carbons (Fsp3) is 0.474. The molecule has 0 radical (unpaired) electrons. The Morgan fingerprint density at radius 1 is 1.18 bits per heavy atom. The predicted octanol–water partition coefficient (Wildman–Crippen LogP) is -0.576. The number of aliphatic hydroxyl groups excluding tert-OH is 1. The number of pyridine rings is 1. The fourth-order valence-electron chi connectivity index (χ4n) is 3.84. The van der Waals surface area contributed by atoms with Gasteiger partial charge in [-0.05, 0) is 19.1 Å². The minimum absolute atomic E-state index is 0.129. The second kappa shape index (κ2) is 7.23. The molecule has 2 aliphatic rings. The zero-order valence-electron chi connectivity index (χ0n) is 15.7. The van der Waals surface area contributed by atoms with Crippen molar-refractivity contribution in [2.75, 3.05) is 32.7 Å². The van der Waals surface area contributed by atoms with Gasteiger partial charge in [0.2, 0.25) is 11.8 Å². The van der Waals surface area contributed by atoms with Crippen molar-refractivity contribution >= 4 is 23.4 Å². The summed E-state index contributed by atoms with van der Waals surface area (Å²) in [5, 5.41) is 13.0. The van der Waals surface area contributed by atoms with Gasteiger partial charge < -0.3 is 24.6 Å². The first-order chi connectivity index (χ1) is 13.4. The molecule has 3 amide bonds. The number of fused-ring (bicyclic) bond motifs is 1. The minimum atomic E-state index is -0.834. The number of β-amino-alcohol motifs (C(OH)–C–C–N with tert-alkyl or cyclic N) is 1. The molecule has 28 heavy (non-hydrogen) atoms. The summed E-state index contributed by atoms with van der Waals surface area (Å²) >= 11 is 0. The molecule has 2 saturated heterocycles. The number of aliphatic hydroxyl groups is 1. The third-order valence-electron chi connectivity index (χ3n) is 5.25. The molecule has 2 aromatic rings. The lowest BCUT2D eigenvalue weighted by molar-refractivity contribution is -0.136. The summed E-state index contributed by atoms with van der Waals surface area (Å²) in [5.74, 6) is -0.870. The number of amides is 3. The standard InChI is InChI=1S/C19H23N5O4/c1-12-8-24-9-13(2-3-16(24)21-12)18(27)22-4-5-23(11-15(25)10-22)19(28)14-6-17(26)20-7-14/h2-3,8-9,14-15,25H,4-7,10-11H2,1H3,(H,20,26). The number of aromatic nitrogens is 2. The first-order valence-corrected chi connectivity index (χ1v) is 9.39. The number of hydrogen-bond donors (Lipinski definition) is 2. The van der Waals surface area contributed by atoms with Gasteiger partial charge in [0.15, 0.2) is 0 Å². The number of hydrogen-bond acceptors (Lipinski definition) is 5. The molecule has 9 nitrogen and oxygen atoms in total. The Balaban J connectivity index is 1.47. The Labute approximate surface area is 161 Å². The van der Waals surface area contributed by atoms with Crippen molar-refractivity contribution < 1.29 is 19.5 Å². The number of rotatable bonds is 2. The van der Waals surface area contributed by atoms with Gasteiger partial charge in [-0.25, -0.2) is 4.98 Å². The Morgan fingerprint density at radius 3 is 2.68 bits per heavy atom. The normalized spacial score (nSPS) is 23.0. The quantitative estimate of drug-likeness (QED) is 0.720. The number of carbonyl (C=O) groups excluding carboxylic acids is 3. The van der Waals surface area contributed by atoms with Crippen LogP contribution in [0.1, 0.15) is 22.5 Å². The van der Waals surface area contributed by atoms with E-state index in [4.69, 9.17) is 0 Å². The predicted molar refractivity (Wildman–Crippen MR) is 99.5 cm³/mol. The molecule has 2 unspecified atom stereocenters. The molecule has 9 heteroatoms. The molecule has 0 aliphatic carbocycles. The first kappa shape index (κ1) is 18.4. The molecule has 148 valence electrons. The van der Waals surface area contributed by atoms with E-state index >= 15 is 0 Å². The molecular formula is C19H23N5O4. The van der Waals surface area contributed by atoms with E-state index in [2.05, 4.69) is 10.3 Å². The summed E-state index contributed by atoms with van der Waals surface area (Å²) in [5.41, 5.74) is 2.13. The van der Waals surface area contributed by atoms with Gasteiger partial charge in [0.1, 0.15) is 5.65 Å². The molecule has 2 aromatic heterocycles. The van der Waals surface area contributed by atoms with Crippen molar-refractivity contribution in [3.63, 3.8) is 0 Å². The highest BCUT2D eigenvalue weighted by atomic mass is 16.3. The summed E-state index contributed by atoms with van der Waals surface area (Å²) in [6.45, 7) is 3.20. The highest BCUT2D eigenvalue weighted by Gasteiger charge is 2.34. The van der Waals surface area contributed by atoms with E-state index in [-0.39, 0.29) is 37.2 Å². The second-order valence-corrected chi connectivity index (χ2v) is 7.46. The average Bonchev–Trinajstić information content (AvgIpc) is 3.20. The molecule has 4 heterocycles. The van der Waals surface area contributed by atoms with Crippen molar-refractivity contribution in [1.82, 2.24) is 24.5 Å². The average molecular weight is 385 g/mol. The van der Waals surface area contributed by atoms with Gasteiger partial charge in [-0.3, -0.25) is 14.4 Å². The summed E-state index contributed by atoms with van der Waals surface area (Å²) < 4.78 is 1.80. The number of aryl methyl sites for hydroxylation is 1. The highest BCUT2D eigenvalue weighted by Crippen LogP contribution is 2.16. The number of nitrogens with one attached hydrogen (secondary N) is 1. The Hall–Kier alpha value is -2.94. The van der Waals surface area contributed by atoms with Crippen molar-refractivity contribution in [2.45, 2.75) is 19.4 Å². The van der Waals surface area contributed by atoms with E-state index in [1.165, 1.54) is 0 Å². The Bertz CT molecular complexity index is 940. The zero-order chi connectivity index (χ0) is 19.8. The zero-order valence-corrected chi connectivity index (χ0v) is 15.7. The van der Waals surface area contributed by atoms with Crippen molar-refractivity contribution in [3.8, 4) is 0 Å². The molecule has 0 saturated carbocycles. The summed E-state index contributed by atoms with van der Waals surface area (Å²) in [4.78, 5) is 44.5. The van der Waals surface area contributed by atoms with Crippen LogP contribution in [0.25, 0.3) is 5.65 Å². The third kappa shape index (κ3) is 3.57. The van der Waals surface area contributed by atoms with E-state index in [9.17, 15) is 19.5 Å². The van der Waals surface area contributed by atoms with Crippen LogP contribution in [0.3, 0.4) is 0 Å². The Kier molecular flexibility index (Phi) is 4.76. The van der Waals surface area contributed by atoms with Gasteiger partial charge in [-0.15, -0.1) is 0 Å². The van der Waals surface area contributed by atoms with Crippen LogP contribution in [-0.2, 0) is 9.59 Å². The second-order valence-electron chi connectivity index (χ2n) is 7.46. The lowest BCUT2D eigenvalue weighted by Crippen LogP contribution is -2.41. The summed E-state index contributed by atoms with van der Waals surface area (Å²) in [7, 11) is 0. The van der Waals surface area contributed by atoms with Crippen LogP contribution in [0, 0.1) is 12.8 Å². The fourth-order valence-corrected chi connectivity index (χ4v) is 3.84. The number of imidazole rings is 1. The van der Waals surface area contributed by atoms with Crippen molar-refractivity contribution in [1.29, 1.82) is 0 Å². The lowest BCUT2D eigenvalue weighted by Gasteiger charge is -2.24. The number of carbonyl (C=O) groups is 3. The van der Waals surface area contributed by atoms with Crippen LogP contribution < -0.4 is 5.32 Å². The Morgan fingerprint density at radius 2 is 1.93 bits per heavy atom. The maximum absolute atomic E-state index is 12.9. The summed E-state index contributed by atoms with van der Waals surface area (Å²) in [6.07, 6.45) is 2.92. The van der Waals surface area contributed by atoms with E-state index < -0.39 is 12.0 Å². The van der Waals surface area contributed by atoms with Crippen molar-refractivity contribution in [2.24, 2.45) is 5.92 Å². The van der Waals surface area contributed by atoms with Gasteiger partial charge in [0, 0.05) is 51.5 Å². The molecule has 0 aromatic carbocycles. The van der Waals surface area contributed by atoms with Gasteiger partial charge >= 0.3 is 0 Å². The van der Waals surface area contributed by atoms with E-state index in [0.717, 1.165) is 11.3 Å². The van der Waals surface area contributed by atoms with Gasteiger partial charge in [0.25, 0.3) is 5.91 Å². The lowest BCUT2D eigenvalue weighted by atomic mass is 10.1. The molecule has 4 rings (SSSR count). The molecular weight excluding hydrogens is 362 g/mol. The largest absolute Gasteiger partial charge is 0.389 e. The summed E-state index contributed by atoms with van der Waals surface area (Å²) in [6, 6.07) is 3.51. The van der Waals surface area contributed by atoms with Crippen molar-refractivity contribution in [3.05, 3.63) is 35.8 Å². The smallest absolute Gasteiger partial charge is 0.255 e. The van der Waals surface area contributed by atoms with Crippen LogP contribution in [0.5, 0.6) is 0 Å². The van der Waals surface area contributed by atoms with E-state index in [0.29, 0.717) is 25.2 Å². The molecule has 2 fully saturated rings. The van der Waals surface area contributed by atoms with Crippen LogP contribution in [0.4, 0.5) is 0 Å². The van der Waals surface area contributed by atoms with Crippen LogP contribution in [0.2, 0.25) is 0 Å². The molecule has 2 N–H and O–H groups in total. The topological polar surface area (TPSA) is 107 Å². The molecule has 2 atom stereocenters. The maximum Gasteiger partial charge on any atom is 0.255 e. The highest BCUT2D eigenvalue weighted by molar-refractivity contribution is 5.94. The van der Waals surface area contributed by atoms with Crippen LogP contribution in [0.15, 0.2) is 24.5 Å². The van der Waals surface area contributed by atoms with Crippen LogP contribution in [-0.4, -0.2) is 80.8 Å². The van der Waals surface area contributed by atoms with E-state index in [1.807, 2.05) is 13.1 Å². The first-order valence-electron chi connectivity index (χ1n) is 9.39. The SMILES string of the molecule is Cc1cn2cc(C(=O)N3CCN(C(=O)C4CNC(=O)C4)CC(O)C3)ccc2n1. The third-order valence-corrected chi connectivity index (χ3v) is 5.25. The molecule has 2 aliphatic heterocycles. The van der Waals surface area contributed by atoms with Crippen LogP contribution >= 0.6 is 0 Å². The molecule has 0 spiro atoms. The van der Waals surface area contributed by atoms with E-state index in [1.54, 1.807) is 32.5 Å². The van der Waals surface area contributed by atoms with Gasteiger partial charge in [-0.1, -0.05) is 0 Å². The maximum atomic E-state index is 12.9. The van der Waals surface area contributed by atoms with Gasteiger partial charge in [-0.2, -0.15) is 0 Å².